The number of nitrogens with zero attached hydrogens (tertiary/aromatic N) is 1. The number of hydrogen-bond donors (Lipinski definition) is 2. The summed E-state index contributed by atoms with van der Waals surface area (Å²) >= 11 is 6.37. The average Bonchev–Trinajstić information content (AvgIpc) is 2.73. The largest absolute Gasteiger partial charge is 0.380 e. The van der Waals surface area contributed by atoms with Crippen LogP contribution in [-0.2, 0) is 9.53 Å². The summed E-state index contributed by atoms with van der Waals surface area (Å²) in [5, 5.41) is 3.43. The van der Waals surface area contributed by atoms with Gasteiger partial charge in [0.1, 0.15) is 6.04 Å². The van der Waals surface area contributed by atoms with E-state index in [1.54, 1.807) is 13.2 Å². The molecule has 2 atom stereocenters. The lowest BCUT2D eigenvalue weighted by atomic mass is 10.0. The number of hydrogen-bond acceptors (Lipinski definition) is 4. The van der Waals surface area contributed by atoms with Gasteiger partial charge >= 0.3 is 0 Å². The summed E-state index contributed by atoms with van der Waals surface area (Å²) in [6.45, 7) is 1.76. The predicted molar refractivity (Wildman–Crippen MR) is 79.3 cm³/mol. The summed E-state index contributed by atoms with van der Waals surface area (Å²) in [7, 11) is 1.73. The number of carbonyl (C=O) groups excluding carboxylic acids is 1. The first kappa shape index (κ1) is 13.7. The zero-order valence-electron chi connectivity index (χ0n) is 11.4. The van der Waals surface area contributed by atoms with Crippen LogP contribution in [0.2, 0.25) is 5.02 Å². The maximum Gasteiger partial charge on any atom is 0.245 e. The fourth-order valence-electron chi connectivity index (χ4n) is 2.89. The standard InChI is InChI=1S/C14H18ClN3O2/c1-20-8-3-2-4-18(7-8)12-6-11-9(5-10(12)15)13(16)14(19)17-11/h5-6,8,13H,2-4,7,16H2,1H3,(H,17,19). The van der Waals surface area contributed by atoms with Crippen molar-refractivity contribution in [2.75, 3.05) is 30.4 Å². The minimum absolute atomic E-state index is 0.179. The summed E-state index contributed by atoms with van der Waals surface area (Å²) in [6, 6.07) is 3.09. The van der Waals surface area contributed by atoms with Gasteiger partial charge in [-0.1, -0.05) is 11.6 Å². The van der Waals surface area contributed by atoms with Gasteiger partial charge in [0.15, 0.2) is 0 Å². The van der Waals surface area contributed by atoms with Crippen LogP contribution in [0.25, 0.3) is 0 Å². The van der Waals surface area contributed by atoms with E-state index in [2.05, 4.69) is 10.2 Å². The Kier molecular flexibility index (Phi) is 3.58. The van der Waals surface area contributed by atoms with E-state index >= 15 is 0 Å². The highest BCUT2D eigenvalue weighted by Gasteiger charge is 2.30. The van der Waals surface area contributed by atoms with Crippen molar-refractivity contribution in [2.24, 2.45) is 5.73 Å². The number of halogens is 1. The Balaban J connectivity index is 1.91. The third kappa shape index (κ3) is 2.26. The first-order valence-electron chi connectivity index (χ1n) is 6.77. The second-order valence-corrected chi connectivity index (χ2v) is 5.71. The SMILES string of the molecule is COC1CCCN(c2cc3c(cc2Cl)C(N)C(=O)N3)C1. The van der Waals surface area contributed by atoms with Crippen molar-refractivity contribution in [1.29, 1.82) is 0 Å². The fraction of sp³-hybridized carbons (Fsp3) is 0.500. The first-order valence-corrected chi connectivity index (χ1v) is 7.15. The summed E-state index contributed by atoms with van der Waals surface area (Å²) in [6.07, 6.45) is 2.36. The maximum atomic E-state index is 11.6. The van der Waals surface area contributed by atoms with Gasteiger partial charge in [-0.15, -0.1) is 0 Å². The smallest absolute Gasteiger partial charge is 0.245 e. The number of anilines is 2. The van der Waals surface area contributed by atoms with Crippen LogP contribution in [0.4, 0.5) is 11.4 Å². The first-order chi connectivity index (χ1) is 9.60. The Hall–Kier alpha value is -1.30. The molecule has 2 unspecified atom stereocenters. The molecule has 108 valence electrons. The molecular weight excluding hydrogens is 278 g/mol. The Labute approximate surface area is 123 Å². The molecule has 0 aromatic heterocycles. The zero-order valence-corrected chi connectivity index (χ0v) is 12.1. The Morgan fingerprint density at radius 3 is 3.05 bits per heavy atom. The zero-order chi connectivity index (χ0) is 14.3. The van der Waals surface area contributed by atoms with Crippen LogP contribution in [0.5, 0.6) is 0 Å². The molecule has 2 heterocycles. The average molecular weight is 296 g/mol. The second kappa shape index (κ2) is 5.24. The van der Waals surface area contributed by atoms with E-state index in [1.807, 2.05) is 6.07 Å². The summed E-state index contributed by atoms with van der Waals surface area (Å²) < 4.78 is 5.43. The van der Waals surface area contributed by atoms with Gasteiger partial charge in [-0.3, -0.25) is 4.79 Å². The number of ether oxygens (including phenoxy) is 1. The number of carbonyl (C=O) groups is 1. The van der Waals surface area contributed by atoms with Gasteiger partial charge in [0, 0.05) is 31.5 Å². The molecule has 2 aliphatic rings. The highest BCUT2D eigenvalue weighted by atomic mass is 35.5. The molecule has 1 amide bonds. The van der Waals surface area contributed by atoms with Crippen LogP contribution >= 0.6 is 11.6 Å². The Morgan fingerprint density at radius 2 is 2.30 bits per heavy atom. The molecule has 0 aliphatic carbocycles. The third-order valence-corrected chi connectivity index (χ3v) is 4.35. The number of benzene rings is 1. The minimum Gasteiger partial charge on any atom is -0.380 e. The summed E-state index contributed by atoms with van der Waals surface area (Å²) in [5.41, 5.74) is 8.29. The molecule has 20 heavy (non-hydrogen) atoms. The highest BCUT2D eigenvalue weighted by Crippen LogP contribution is 2.38. The van der Waals surface area contributed by atoms with Gasteiger partial charge < -0.3 is 20.7 Å². The lowest BCUT2D eigenvalue weighted by Crippen LogP contribution is -2.39. The number of methoxy groups -OCH3 is 1. The lowest BCUT2D eigenvalue weighted by molar-refractivity contribution is -0.116. The molecule has 5 nitrogen and oxygen atoms in total. The molecule has 1 aromatic rings. The van der Waals surface area contributed by atoms with Crippen molar-refractivity contribution in [3.63, 3.8) is 0 Å². The van der Waals surface area contributed by atoms with Crippen molar-refractivity contribution >= 4 is 28.9 Å². The van der Waals surface area contributed by atoms with Crippen LogP contribution in [0.3, 0.4) is 0 Å². The van der Waals surface area contributed by atoms with E-state index in [0.29, 0.717) is 5.02 Å². The molecule has 2 aliphatic heterocycles. The fourth-order valence-corrected chi connectivity index (χ4v) is 3.18. The van der Waals surface area contributed by atoms with Crippen LogP contribution < -0.4 is 16.0 Å². The summed E-state index contributed by atoms with van der Waals surface area (Å²) in [4.78, 5) is 13.8. The molecule has 1 fully saturated rings. The van der Waals surface area contributed by atoms with E-state index in [4.69, 9.17) is 22.1 Å². The Morgan fingerprint density at radius 1 is 1.50 bits per heavy atom. The van der Waals surface area contributed by atoms with Crippen molar-refractivity contribution < 1.29 is 9.53 Å². The van der Waals surface area contributed by atoms with E-state index < -0.39 is 6.04 Å². The minimum atomic E-state index is -0.621. The summed E-state index contributed by atoms with van der Waals surface area (Å²) in [5.74, 6) is -0.179. The molecule has 1 saturated heterocycles. The molecular formula is C14H18ClN3O2. The molecule has 3 rings (SSSR count). The number of amides is 1. The van der Waals surface area contributed by atoms with Crippen molar-refractivity contribution in [2.45, 2.75) is 25.0 Å². The monoisotopic (exact) mass is 295 g/mol. The van der Waals surface area contributed by atoms with Gasteiger partial charge in [-0.2, -0.15) is 0 Å². The van der Waals surface area contributed by atoms with Crippen molar-refractivity contribution in [3.05, 3.63) is 22.7 Å². The van der Waals surface area contributed by atoms with Gasteiger partial charge in [0.2, 0.25) is 5.91 Å². The Bertz CT molecular complexity index is 549. The number of piperidine rings is 1. The second-order valence-electron chi connectivity index (χ2n) is 5.30. The topological polar surface area (TPSA) is 67.6 Å². The van der Waals surface area contributed by atoms with Crippen LogP contribution in [-0.4, -0.2) is 32.2 Å². The molecule has 0 spiro atoms. The van der Waals surface area contributed by atoms with Gasteiger partial charge in [0.25, 0.3) is 0 Å². The number of nitrogens with one attached hydrogen (secondary N) is 1. The molecule has 0 radical (unpaired) electrons. The van der Waals surface area contributed by atoms with Gasteiger partial charge in [-0.05, 0) is 25.0 Å². The lowest BCUT2D eigenvalue weighted by Gasteiger charge is -2.34. The van der Waals surface area contributed by atoms with E-state index in [9.17, 15) is 4.79 Å². The molecule has 0 saturated carbocycles. The molecule has 6 heteroatoms. The van der Waals surface area contributed by atoms with Crippen molar-refractivity contribution in [1.82, 2.24) is 0 Å². The van der Waals surface area contributed by atoms with Crippen molar-refractivity contribution in [3.8, 4) is 0 Å². The quantitative estimate of drug-likeness (QED) is 0.874. The highest BCUT2D eigenvalue weighted by molar-refractivity contribution is 6.33. The van der Waals surface area contributed by atoms with E-state index in [1.165, 1.54) is 0 Å². The van der Waals surface area contributed by atoms with Gasteiger partial charge in [-0.25, -0.2) is 0 Å². The maximum absolute atomic E-state index is 11.6. The van der Waals surface area contributed by atoms with Crippen LogP contribution in [0.15, 0.2) is 12.1 Å². The number of fused-ring (bicyclic) bond motifs is 1. The van der Waals surface area contributed by atoms with E-state index in [-0.39, 0.29) is 12.0 Å². The van der Waals surface area contributed by atoms with Gasteiger partial charge in [0.05, 0.1) is 16.8 Å². The molecule has 3 N–H and O–H groups in total. The van der Waals surface area contributed by atoms with E-state index in [0.717, 1.165) is 42.9 Å². The number of nitrogens with two attached hydrogens (primary N) is 1. The third-order valence-electron chi connectivity index (χ3n) is 4.05. The normalized spacial score (nSPS) is 25.6. The number of rotatable bonds is 2. The predicted octanol–water partition coefficient (Wildman–Crippen LogP) is 1.91. The molecule has 0 bridgehead atoms. The van der Waals surface area contributed by atoms with Crippen LogP contribution in [0, 0.1) is 0 Å². The van der Waals surface area contributed by atoms with Crippen LogP contribution in [0.1, 0.15) is 24.4 Å². The molecule has 1 aromatic carbocycles.